The van der Waals surface area contributed by atoms with Crippen molar-refractivity contribution < 1.29 is 32.3 Å². The van der Waals surface area contributed by atoms with Gasteiger partial charge in [-0.2, -0.15) is 18.3 Å². The van der Waals surface area contributed by atoms with Gasteiger partial charge in [-0.25, -0.2) is 0 Å². The number of rotatable bonds is 7. The van der Waals surface area contributed by atoms with Gasteiger partial charge in [-0.15, -0.1) is 0 Å². The molecule has 2 saturated carbocycles. The van der Waals surface area contributed by atoms with Gasteiger partial charge in [-0.05, 0) is 57.8 Å². The van der Waals surface area contributed by atoms with Gasteiger partial charge in [0.1, 0.15) is 0 Å². The second kappa shape index (κ2) is 13.0. The third-order valence-electron chi connectivity index (χ3n) is 9.78. The zero-order valence-electron chi connectivity index (χ0n) is 24.8. The predicted molar refractivity (Wildman–Crippen MR) is 158 cm³/mol. The lowest BCUT2D eigenvalue weighted by Crippen LogP contribution is -2.41. The number of hydrogen-bond acceptors (Lipinski definition) is 6. The first-order valence-electron chi connectivity index (χ1n) is 15.3. The fourth-order valence-electron chi connectivity index (χ4n) is 7.33. The minimum Gasteiger partial charge on any atom is -0.466 e. The third-order valence-corrected chi connectivity index (χ3v) is 10.4. The summed E-state index contributed by atoms with van der Waals surface area (Å²) in [6.07, 6.45) is 5.23. The van der Waals surface area contributed by atoms with Crippen molar-refractivity contribution in [1.82, 2.24) is 19.7 Å². The lowest BCUT2D eigenvalue weighted by molar-refractivity contribution is -0.157. The standard InChI is InChI=1S/C31H37Cl2F3N4O4/c1-3-44-29(43)30(2)11-9-20(10-12-30)40-27(31(34,35)36)21(14-38-40)28(42)39-17-19(18-7-5-4-6-8-18)13-24(39)26(41)25-22(32)15-37-16-23(25)33/h14-16,18-20,24H,3-13,17H2,1-2H3/t19-,20?,24+,30?/m1/s1. The van der Waals surface area contributed by atoms with Crippen LogP contribution in [0.25, 0.3) is 0 Å². The molecule has 0 unspecified atom stereocenters. The van der Waals surface area contributed by atoms with Crippen molar-refractivity contribution in [2.75, 3.05) is 13.2 Å². The summed E-state index contributed by atoms with van der Waals surface area (Å²) in [6.45, 7) is 3.85. The molecule has 0 aromatic carbocycles. The number of carbonyl (C=O) groups is 3. The maximum absolute atomic E-state index is 14.7. The Morgan fingerprint density at radius 1 is 1.00 bits per heavy atom. The highest BCUT2D eigenvalue weighted by Gasteiger charge is 2.49. The van der Waals surface area contributed by atoms with Crippen LogP contribution in [-0.4, -0.2) is 56.5 Å². The number of ether oxygens (including phenoxy) is 1. The van der Waals surface area contributed by atoms with Gasteiger partial charge in [0.05, 0.1) is 51.5 Å². The summed E-state index contributed by atoms with van der Waals surface area (Å²) >= 11 is 12.6. The highest BCUT2D eigenvalue weighted by atomic mass is 35.5. The molecule has 8 nitrogen and oxygen atoms in total. The van der Waals surface area contributed by atoms with E-state index in [4.69, 9.17) is 27.9 Å². The van der Waals surface area contributed by atoms with Crippen molar-refractivity contribution in [3.8, 4) is 0 Å². The molecule has 1 aliphatic heterocycles. The summed E-state index contributed by atoms with van der Waals surface area (Å²) in [7, 11) is 0. The minimum atomic E-state index is -4.89. The fraction of sp³-hybridized carbons (Fsp3) is 0.645. The zero-order chi connectivity index (χ0) is 31.8. The lowest BCUT2D eigenvalue weighted by Gasteiger charge is -2.36. The Kier molecular flexibility index (Phi) is 9.66. The van der Waals surface area contributed by atoms with Crippen LogP contribution in [0.5, 0.6) is 0 Å². The van der Waals surface area contributed by atoms with Gasteiger partial charge in [-0.3, -0.25) is 24.0 Å². The molecule has 0 N–H and O–H groups in total. The van der Waals surface area contributed by atoms with Crippen LogP contribution in [0.3, 0.4) is 0 Å². The smallest absolute Gasteiger partial charge is 0.433 e. The van der Waals surface area contributed by atoms with Gasteiger partial charge < -0.3 is 9.64 Å². The Labute approximate surface area is 264 Å². The first-order chi connectivity index (χ1) is 20.9. The van der Waals surface area contributed by atoms with E-state index in [0.717, 1.165) is 43.0 Å². The molecule has 1 saturated heterocycles. The van der Waals surface area contributed by atoms with Gasteiger partial charge in [-0.1, -0.05) is 55.3 Å². The summed E-state index contributed by atoms with van der Waals surface area (Å²) in [5.41, 5.74) is -2.51. The molecule has 240 valence electrons. The molecule has 2 atom stereocenters. The van der Waals surface area contributed by atoms with E-state index < -0.39 is 46.6 Å². The maximum atomic E-state index is 14.7. The van der Waals surface area contributed by atoms with Crippen molar-refractivity contribution in [3.63, 3.8) is 0 Å². The van der Waals surface area contributed by atoms with Crippen LogP contribution < -0.4 is 0 Å². The first-order valence-corrected chi connectivity index (χ1v) is 16.1. The molecule has 3 fully saturated rings. The van der Waals surface area contributed by atoms with Crippen molar-refractivity contribution >= 4 is 40.9 Å². The number of esters is 1. The average molecular weight is 658 g/mol. The van der Waals surface area contributed by atoms with Gasteiger partial charge in [0.2, 0.25) is 0 Å². The van der Waals surface area contributed by atoms with E-state index >= 15 is 0 Å². The number of carbonyl (C=O) groups excluding carboxylic acids is 3. The number of alkyl halides is 3. The number of nitrogens with zero attached hydrogens (tertiary/aromatic N) is 4. The number of pyridine rings is 1. The number of halogens is 5. The van der Waals surface area contributed by atoms with E-state index in [2.05, 4.69) is 10.1 Å². The molecule has 3 heterocycles. The number of ketones is 1. The normalized spacial score (nSPS) is 26.5. The molecule has 3 aliphatic rings. The van der Waals surface area contributed by atoms with Crippen LogP contribution in [0.1, 0.15) is 111 Å². The Morgan fingerprint density at radius 3 is 2.23 bits per heavy atom. The highest BCUT2D eigenvalue weighted by molar-refractivity contribution is 6.40. The van der Waals surface area contributed by atoms with Crippen LogP contribution >= 0.6 is 23.2 Å². The van der Waals surface area contributed by atoms with Gasteiger partial charge in [0.25, 0.3) is 5.91 Å². The number of likely N-dealkylation sites (tertiary alicyclic amines) is 1. The van der Waals surface area contributed by atoms with Crippen LogP contribution in [0, 0.1) is 17.3 Å². The number of amides is 1. The van der Waals surface area contributed by atoms with Gasteiger partial charge in [0, 0.05) is 18.9 Å². The molecule has 44 heavy (non-hydrogen) atoms. The van der Waals surface area contributed by atoms with Crippen molar-refractivity contribution in [2.45, 2.75) is 96.3 Å². The first kappa shape index (κ1) is 32.7. The Morgan fingerprint density at radius 2 is 1.64 bits per heavy atom. The predicted octanol–water partition coefficient (Wildman–Crippen LogP) is 7.58. The number of Topliss-reactive ketones (excluding diaryl/α,β-unsaturated/α-hetero) is 1. The van der Waals surface area contributed by atoms with E-state index in [1.165, 1.54) is 17.3 Å². The SMILES string of the molecule is CCOC(=O)C1(C)CCC(n2ncc(C(=O)N3C[C@H](C4CCCCC4)C[C@H]3C(=O)c3c(Cl)cncc3Cl)c2C(F)(F)F)CC1. The topological polar surface area (TPSA) is 94.4 Å². The summed E-state index contributed by atoms with van der Waals surface area (Å²) < 4.78 is 50.2. The van der Waals surface area contributed by atoms with E-state index in [0.29, 0.717) is 19.3 Å². The van der Waals surface area contributed by atoms with Crippen molar-refractivity contribution in [2.24, 2.45) is 17.3 Å². The largest absolute Gasteiger partial charge is 0.466 e. The Balaban J connectivity index is 1.46. The summed E-state index contributed by atoms with van der Waals surface area (Å²) in [5.74, 6) is -1.55. The number of hydrogen-bond donors (Lipinski definition) is 0. The fourth-order valence-corrected chi connectivity index (χ4v) is 7.88. The summed E-state index contributed by atoms with van der Waals surface area (Å²) in [5, 5.41) is 4.13. The maximum Gasteiger partial charge on any atom is 0.433 e. The molecule has 0 radical (unpaired) electrons. The van der Waals surface area contributed by atoms with Crippen LogP contribution in [0.2, 0.25) is 10.0 Å². The molecule has 2 aliphatic carbocycles. The quantitative estimate of drug-likeness (QED) is 0.225. The monoisotopic (exact) mass is 656 g/mol. The van der Waals surface area contributed by atoms with Crippen LogP contribution in [0.15, 0.2) is 18.6 Å². The molecule has 5 rings (SSSR count). The van der Waals surface area contributed by atoms with E-state index in [-0.39, 0.29) is 59.4 Å². The highest BCUT2D eigenvalue weighted by Crippen LogP contribution is 2.45. The molecule has 2 aromatic rings. The number of aromatic nitrogens is 3. The molecule has 0 spiro atoms. The second-order valence-electron chi connectivity index (χ2n) is 12.6. The summed E-state index contributed by atoms with van der Waals surface area (Å²) in [6, 6.07) is -1.69. The minimum absolute atomic E-state index is 0.00835. The summed E-state index contributed by atoms with van der Waals surface area (Å²) in [4.78, 5) is 45.6. The van der Waals surface area contributed by atoms with E-state index in [1.807, 2.05) is 0 Å². The lowest BCUT2D eigenvalue weighted by atomic mass is 9.74. The van der Waals surface area contributed by atoms with E-state index in [9.17, 15) is 27.6 Å². The third kappa shape index (κ3) is 6.36. The van der Waals surface area contributed by atoms with Crippen LogP contribution in [-0.2, 0) is 15.7 Å². The molecule has 2 aromatic heterocycles. The molecule has 1 amide bonds. The van der Waals surface area contributed by atoms with Crippen molar-refractivity contribution in [3.05, 3.63) is 45.5 Å². The zero-order valence-corrected chi connectivity index (χ0v) is 26.4. The van der Waals surface area contributed by atoms with Crippen LogP contribution in [0.4, 0.5) is 13.2 Å². The average Bonchev–Trinajstić information content (AvgIpc) is 3.64. The molecule has 13 heteroatoms. The second-order valence-corrected chi connectivity index (χ2v) is 13.4. The Hall–Kier alpha value is -2.66. The van der Waals surface area contributed by atoms with Crippen molar-refractivity contribution in [1.29, 1.82) is 0 Å². The molecule has 0 bridgehead atoms. The van der Waals surface area contributed by atoms with Gasteiger partial charge in [0.15, 0.2) is 11.5 Å². The molecular formula is C31H37Cl2F3N4O4. The molecular weight excluding hydrogens is 620 g/mol. The van der Waals surface area contributed by atoms with E-state index in [1.54, 1.807) is 13.8 Å². The Bertz CT molecular complexity index is 1380. The van der Waals surface area contributed by atoms with Gasteiger partial charge >= 0.3 is 12.1 Å².